The highest BCUT2D eigenvalue weighted by molar-refractivity contribution is 5.90. The summed E-state index contributed by atoms with van der Waals surface area (Å²) in [5.74, 6) is 0.590. The number of hydrogen-bond donors (Lipinski definition) is 2. The molecular weight excluding hydrogens is 368 g/mol. The number of amides is 2. The second-order valence-electron chi connectivity index (χ2n) is 6.73. The van der Waals surface area contributed by atoms with Crippen LogP contribution in [0.2, 0.25) is 0 Å². The lowest BCUT2D eigenvalue weighted by Crippen LogP contribution is -2.28. The summed E-state index contributed by atoms with van der Waals surface area (Å²) < 4.78 is 4.84. The monoisotopic (exact) mass is 394 g/mol. The minimum atomic E-state index is -0.377. The van der Waals surface area contributed by atoms with E-state index >= 15 is 0 Å². The molecule has 7 nitrogen and oxygen atoms in total. The summed E-state index contributed by atoms with van der Waals surface area (Å²) in [7, 11) is 0. The van der Waals surface area contributed by atoms with Crippen molar-refractivity contribution >= 4 is 29.6 Å². The van der Waals surface area contributed by atoms with E-state index in [1.165, 1.54) is 18.9 Å². The van der Waals surface area contributed by atoms with Crippen molar-refractivity contribution in [1.82, 2.24) is 10.3 Å². The van der Waals surface area contributed by atoms with Crippen molar-refractivity contribution in [2.24, 2.45) is 0 Å². The summed E-state index contributed by atoms with van der Waals surface area (Å²) in [6.45, 7) is 4.61. The number of nitrogens with zero attached hydrogens (tertiary/aromatic N) is 2. The number of carbonyl (C=O) groups is 2. The van der Waals surface area contributed by atoms with E-state index in [0.29, 0.717) is 18.8 Å². The molecule has 152 valence electrons. The Hall–Kier alpha value is -3.35. The van der Waals surface area contributed by atoms with Crippen molar-refractivity contribution in [3.8, 4) is 0 Å². The molecule has 0 spiro atoms. The fourth-order valence-electron chi connectivity index (χ4n) is 3.08. The van der Waals surface area contributed by atoms with Gasteiger partial charge in [-0.1, -0.05) is 12.1 Å². The van der Waals surface area contributed by atoms with Crippen LogP contribution >= 0.6 is 0 Å². The van der Waals surface area contributed by atoms with Gasteiger partial charge in [0.05, 0.1) is 6.61 Å². The summed E-state index contributed by atoms with van der Waals surface area (Å²) in [6, 6.07) is 10.8. The van der Waals surface area contributed by atoms with Gasteiger partial charge in [0.1, 0.15) is 5.82 Å². The van der Waals surface area contributed by atoms with Gasteiger partial charge in [-0.15, -0.1) is 0 Å². The van der Waals surface area contributed by atoms with E-state index in [0.717, 1.165) is 30.0 Å². The smallest absolute Gasteiger partial charge is 0.330 e. The zero-order valence-corrected chi connectivity index (χ0v) is 16.6. The van der Waals surface area contributed by atoms with Gasteiger partial charge in [-0.2, -0.15) is 0 Å². The predicted octanol–water partition coefficient (Wildman–Crippen LogP) is 3.58. The average Bonchev–Trinajstić information content (AvgIpc) is 3.27. The minimum absolute atomic E-state index is 0.278. The maximum absolute atomic E-state index is 12.2. The molecule has 2 N–H and O–H groups in total. The number of ether oxygens (including phenoxy) is 1. The van der Waals surface area contributed by atoms with Crippen LogP contribution < -0.4 is 15.5 Å². The van der Waals surface area contributed by atoms with Gasteiger partial charge in [0, 0.05) is 37.6 Å². The number of anilines is 2. The molecule has 0 saturated carbocycles. The molecule has 0 bridgehead atoms. The third-order valence-corrected chi connectivity index (χ3v) is 4.56. The van der Waals surface area contributed by atoms with Crippen molar-refractivity contribution in [1.29, 1.82) is 0 Å². The van der Waals surface area contributed by atoms with Gasteiger partial charge in [-0.3, -0.25) is 0 Å². The normalized spacial score (nSPS) is 13.5. The second kappa shape index (κ2) is 10.3. The number of nitrogens with one attached hydrogen (secondary N) is 2. The topological polar surface area (TPSA) is 83.6 Å². The van der Waals surface area contributed by atoms with Gasteiger partial charge in [0.15, 0.2) is 0 Å². The van der Waals surface area contributed by atoms with Crippen LogP contribution in [-0.2, 0) is 16.1 Å². The summed E-state index contributed by atoms with van der Waals surface area (Å²) in [6.07, 6.45) is 7.23. The molecule has 3 rings (SSSR count). The lowest BCUT2D eigenvalue weighted by Gasteiger charge is -2.17. The first-order chi connectivity index (χ1) is 14.1. The largest absolute Gasteiger partial charge is 0.463 e. The molecule has 0 atom stereocenters. The molecule has 1 aliphatic heterocycles. The van der Waals surface area contributed by atoms with E-state index in [2.05, 4.69) is 20.5 Å². The summed E-state index contributed by atoms with van der Waals surface area (Å²) in [5, 5.41) is 5.66. The minimum Gasteiger partial charge on any atom is -0.463 e. The molecule has 0 aliphatic carbocycles. The molecule has 0 unspecified atom stereocenters. The molecule has 1 fully saturated rings. The summed E-state index contributed by atoms with van der Waals surface area (Å²) >= 11 is 0. The van der Waals surface area contributed by atoms with Crippen LogP contribution in [0.3, 0.4) is 0 Å². The van der Waals surface area contributed by atoms with Crippen LogP contribution in [0.15, 0.2) is 48.7 Å². The van der Waals surface area contributed by atoms with Crippen molar-refractivity contribution in [3.05, 3.63) is 59.8 Å². The fourth-order valence-corrected chi connectivity index (χ4v) is 3.08. The standard InChI is InChI=1S/C22H26N4O3/c1-2-29-21(27)10-7-17-5-8-19(9-6-17)25-22(28)24-16-18-11-12-23-20(15-18)26-13-3-4-14-26/h5-12,15H,2-4,13-14,16H2,1H3,(H2,24,25,28)/b10-7+. The Balaban J connectivity index is 1.48. The van der Waals surface area contributed by atoms with Gasteiger partial charge in [-0.25, -0.2) is 14.6 Å². The molecule has 1 saturated heterocycles. The predicted molar refractivity (Wildman–Crippen MR) is 114 cm³/mol. The number of hydrogen-bond acceptors (Lipinski definition) is 5. The van der Waals surface area contributed by atoms with Gasteiger partial charge in [0.2, 0.25) is 0 Å². The maximum atomic E-state index is 12.2. The molecule has 2 amide bonds. The molecular formula is C22H26N4O3. The molecule has 1 aromatic heterocycles. The van der Waals surface area contributed by atoms with Gasteiger partial charge in [-0.05, 0) is 61.2 Å². The van der Waals surface area contributed by atoms with Crippen LogP contribution in [-0.4, -0.2) is 36.7 Å². The molecule has 1 aromatic carbocycles. The Labute approximate surface area is 170 Å². The first kappa shape index (κ1) is 20.4. The van der Waals surface area contributed by atoms with Gasteiger partial charge in [0.25, 0.3) is 0 Å². The van der Waals surface area contributed by atoms with Gasteiger partial charge < -0.3 is 20.3 Å². The third kappa shape index (κ3) is 6.34. The van der Waals surface area contributed by atoms with Crippen LogP contribution in [0.5, 0.6) is 0 Å². The number of aromatic nitrogens is 1. The SMILES string of the molecule is CCOC(=O)/C=C/c1ccc(NC(=O)NCc2ccnc(N3CCCC3)c2)cc1. The van der Waals surface area contributed by atoms with Crippen molar-refractivity contribution in [2.75, 3.05) is 29.9 Å². The van der Waals surface area contributed by atoms with E-state index in [9.17, 15) is 9.59 Å². The number of pyridine rings is 1. The Morgan fingerprint density at radius 1 is 1.17 bits per heavy atom. The summed E-state index contributed by atoms with van der Waals surface area (Å²) in [5.41, 5.74) is 2.52. The average molecular weight is 394 g/mol. The number of urea groups is 1. The highest BCUT2D eigenvalue weighted by atomic mass is 16.5. The van der Waals surface area contributed by atoms with Crippen LogP contribution in [0.25, 0.3) is 6.08 Å². The molecule has 2 aromatic rings. The number of rotatable bonds is 7. The number of esters is 1. The van der Waals surface area contributed by atoms with Crippen molar-refractivity contribution in [3.63, 3.8) is 0 Å². The number of benzene rings is 1. The highest BCUT2D eigenvalue weighted by Crippen LogP contribution is 2.18. The lowest BCUT2D eigenvalue weighted by atomic mass is 10.2. The fraction of sp³-hybridized carbons (Fsp3) is 0.318. The quantitative estimate of drug-likeness (QED) is 0.554. The maximum Gasteiger partial charge on any atom is 0.330 e. The van der Waals surface area contributed by atoms with E-state index in [1.54, 1.807) is 31.3 Å². The lowest BCUT2D eigenvalue weighted by molar-refractivity contribution is -0.137. The Bertz CT molecular complexity index is 859. The van der Waals surface area contributed by atoms with Gasteiger partial charge >= 0.3 is 12.0 Å². The number of carbonyl (C=O) groups excluding carboxylic acids is 2. The first-order valence-corrected chi connectivity index (χ1v) is 9.83. The van der Waals surface area contributed by atoms with E-state index in [1.807, 2.05) is 24.3 Å². The molecule has 0 radical (unpaired) electrons. The zero-order valence-electron chi connectivity index (χ0n) is 16.6. The van der Waals surface area contributed by atoms with Crippen molar-refractivity contribution in [2.45, 2.75) is 26.3 Å². The first-order valence-electron chi connectivity index (χ1n) is 9.83. The zero-order chi connectivity index (χ0) is 20.5. The molecule has 29 heavy (non-hydrogen) atoms. The Kier molecular flexibility index (Phi) is 7.22. The van der Waals surface area contributed by atoms with E-state index in [-0.39, 0.29) is 12.0 Å². The molecule has 2 heterocycles. The molecule has 1 aliphatic rings. The highest BCUT2D eigenvalue weighted by Gasteiger charge is 2.13. The van der Waals surface area contributed by atoms with E-state index < -0.39 is 0 Å². The van der Waals surface area contributed by atoms with Crippen molar-refractivity contribution < 1.29 is 14.3 Å². The molecule has 7 heteroatoms. The second-order valence-corrected chi connectivity index (χ2v) is 6.73. The van der Waals surface area contributed by atoms with Crippen LogP contribution in [0.1, 0.15) is 30.9 Å². The Morgan fingerprint density at radius 2 is 1.93 bits per heavy atom. The summed E-state index contributed by atoms with van der Waals surface area (Å²) in [4.78, 5) is 30.2. The van der Waals surface area contributed by atoms with Crippen LogP contribution in [0.4, 0.5) is 16.3 Å². The van der Waals surface area contributed by atoms with E-state index in [4.69, 9.17) is 4.74 Å². The van der Waals surface area contributed by atoms with Crippen LogP contribution in [0, 0.1) is 0 Å². The Morgan fingerprint density at radius 3 is 2.66 bits per heavy atom. The third-order valence-electron chi connectivity index (χ3n) is 4.56.